The maximum Gasteiger partial charge on any atom is 0.305 e. The van der Waals surface area contributed by atoms with Crippen molar-refractivity contribution in [2.45, 2.75) is 18.9 Å². The molecule has 0 saturated carbocycles. The van der Waals surface area contributed by atoms with Crippen molar-refractivity contribution in [3.05, 3.63) is 96.4 Å². The smallest absolute Gasteiger partial charge is 0.305 e. The molecule has 0 spiro atoms. The van der Waals surface area contributed by atoms with Gasteiger partial charge >= 0.3 is 5.97 Å². The SMILES string of the molecule is CNc1cccc(CCOc2ccc3c(ccn3C(CC(=O)O)c3cnc4ccccc4c3)c2)n1. The zero-order valence-electron chi connectivity index (χ0n) is 19.4. The molecule has 3 heterocycles. The van der Waals surface area contributed by atoms with Crippen LogP contribution >= 0.6 is 0 Å². The lowest BCUT2D eigenvalue weighted by molar-refractivity contribution is -0.137. The summed E-state index contributed by atoms with van der Waals surface area (Å²) in [6.07, 6.45) is 4.37. The number of hydrogen-bond donors (Lipinski definition) is 2. The Balaban J connectivity index is 1.38. The standard InChI is InChI=1S/C28H26N4O3/c1-29-27-8-4-6-22(31-27)12-14-35-23-9-10-25-20(16-23)11-13-32(25)26(17-28(33)34)21-15-19-5-2-3-7-24(19)30-18-21/h2-11,13,15-16,18,26H,12,14,17H2,1H3,(H,29,31)(H,33,34). The fourth-order valence-corrected chi connectivity index (χ4v) is 4.35. The van der Waals surface area contributed by atoms with Crippen molar-refractivity contribution >= 4 is 33.6 Å². The van der Waals surface area contributed by atoms with E-state index in [1.807, 2.05) is 90.6 Å². The molecular formula is C28H26N4O3. The molecule has 35 heavy (non-hydrogen) atoms. The lowest BCUT2D eigenvalue weighted by atomic mass is 10.0. The predicted molar refractivity (Wildman–Crippen MR) is 137 cm³/mol. The van der Waals surface area contributed by atoms with Crippen molar-refractivity contribution in [2.24, 2.45) is 0 Å². The maximum absolute atomic E-state index is 11.7. The zero-order valence-corrected chi connectivity index (χ0v) is 19.4. The number of rotatable bonds is 9. The first-order chi connectivity index (χ1) is 17.1. The maximum atomic E-state index is 11.7. The Morgan fingerprint density at radius 2 is 1.94 bits per heavy atom. The molecule has 2 aromatic carbocycles. The Bertz CT molecular complexity index is 1490. The van der Waals surface area contributed by atoms with Crippen LogP contribution in [0.15, 0.2) is 85.2 Å². The monoisotopic (exact) mass is 466 g/mol. The van der Waals surface area contributed by atoms with Crippen LogP contribution < -0.4 is 10.1 Å². The number of carbonyl (C=O) groups is 1. The van der Waals surface area contributed by atoms with Crippen LogP contribution in [0.5, 0.6) is 5.75 Å². The molecule has 0 radical (unpaired) electrons. The van der Waals surface area contributed by atoms with Gasteiger partial charge in [-0.1, -0.05) is 24.3 Å². The van der Waals surface area contributed by atoms with Gasteiger partial charge in [0.05, 0.1) is 24.6 Å². The molecule has 7 nitrogen and oxygen atoms in total. The van der Waals surface area contributed by atoms with E-state index >= 15 is 0 Å². The second-order valence-electron chi connectivity index (χ2n) is 8.38. The summed E-state index contributed by atoms with van der Waals surface area (Å²) in [6, 6.07) is 23.3. The van der Waals surface area contributed by atoms with E-state index in [1.54, 1.807) is 6.20 Å². The van der Waals surface area contributed by atoms with Gasteiger partial charge in [0.25, 0.3) is 0 Å². The molecule has 7 heteroatoms. The Kier molecular flexibility index (Phi) is 6.30. The minimum absolute atomic E-state index is 0.0409. The third kappa shape index (κ3) is 4.94. The number of carboxylic acid groups (broad SMARTS) is 1. The van der Waals surface area contributed by atoms with Gasteiger partial charge in [-0.3, -0.25) is 9.78 Å². The fourth-order valence-electron chi connectivity index (χ4n) is 4.35. The van der Waals surface area contributed by atoms with Crippen LogP contribution in [0.3, 0.4) is 0 Å². The summed E-state index contributed by atoms with van der Waals surface area (Å²) in [5.41, 5.74) is 3.65. The summed E-state index contributed by atoms with van der Waals surface area (Å²) in [7, 11) is 1.85. The third-order valence-electron chi connectivity index (χ3n) is 6.08. The van der Waals surface area contributed by atoms with Crippen LogP contribution in [-0.4, -0.2) is 39.3 Å². The highest BCUT2D eigenvalue weighted by Crippen LogP contribution is 2.31. The van der Waals surface area contributed by atoms with Gasteiger partial charge in [0.2, 0.25) is 0 Å². The number of benzene rings is 2. The highest BCUT2D eigenvalue weighted by atomic mass is 16.5. The van der Waals surface area contributed by atoms with E-state index in [-0.39, 0.29) is 12.5 Å². The molecule has 0 bridgehead atoms. The number of carboxylic acids is 1. The largest absolute Gasteiger partial charge is 0.493 e. The van der Waals surface area contributed by atoms with Crippen molar-refractivity contribution in [1.29, 1.82) is 0 Å². The van der Waals surface area contributed by atoms with Gasteiger partial charge < -0.3 is 19.7 Å². The first-order valence-corrected chi connectivity index (χ1v) is 11.5. The Labute approximate surface area is 203 Å². The van der Waals surface area contributed by atoms with Crippen molar-refractivity contribution in [3.8, 4) is 5.75 Å². The van der Waals surface area contributed by atoms with Crippen LogP contribution in [0.2, 0.25) is 0 Å². The molecule has 2 N–H and O–H groups in total. The topological polar surface area (TPSA) is 89.3 Å². The number of anilines is 1. The number of aliphatic carboxylic acids is 1. The van der Waals surface area contributed by atoms with E-state index in [0.717, 1.165) is 44.6 Å². The molecule has 3 aromatic heterocycles. The lowest BCUT2D eigenvalue weighted by Crippen LogP contribution is -2.14. The number of fused-ring (bicyclic) bond motifs is 2. The number of ether oxygens (including phenoxy) is 1. The second kappa shape index (κ2) is 9.85. The van der Waals surface area contributed by atoms with Crippen molar-refractivity contribution < 1.29 is 14.6 Å². The van der Waals surface area contributed by atoms with E-state index in [0.29, 0.717) is 13.0 Å². The summed E-state index contributed by atoms with van der Waals surface area (Å²) < 4.78 is 7.99. The van der Waals surface area contributed by atoms with E-state index in [1.165, 1.54) is 0 Å². The van der Waals surface area contributed by atoms with Gasteiger partial charge in [0, 0.05) is 47.8 Å². The summed E-state index contributed by atoms with van der Waals surface area (Å²) in [4.78, 5) is 20.8. The summed E-state index contributed by atoms with van der Waals surface area (Å²) in [5.74, 6) is 0.742. The van der Waals surface area contributed by atoms with Crippen molar-refractivity contribution in [2.75, 3.05) is 19.0 Å². The highest BCUT2D eigenvalue weighted by molar-refractivity contribution is 5.83. The molecule has 5 aromatic rings. The molecule has 5 rings (SSSR count). The number of pyridine rings is 2. The Morgan fingerprint density at radius 1 is 1.06 bits per heavy atom. The predicted octanol–water partition coefficient (Wildman–Crippen LogP) is 5.31. The first-order valence-electron chi connectivity index (χ1n) is 11.5. The van der Waals surface area contributed by atoms with Crippen LogP contribution in [0.1, 0.15) is 23.7 Å². The van der Waals surface area contributed by atoms with Gasteiger partial charge in [-0.05, 0) is 54.1 Å². The number of aromatic nitrogens is 3. The quantitative estimate of drug-likeness (QED) is 0.306. The number of para-hydroxylation sites is 1. The van der Waals surface area contributed by atoms with Gasteiger partial charge in [0.15, 0.2) is 0 Å². The summed E-state index contributed by atoms with van der Waals surface area (Å²) >= 11 is 0. The second-order valence-corrected chi connectivity index (χ2v) is 8.38. The zero-order chi connectivity index (χ0) is 24.2. The van der Waals surface area contributed by atoms with Gasteiger partial charge in [-0.25, -0.2) is 4.98 Å². The molecule has 176 valence electrons. The molecule has 1 unspecified atom stereocenters. The molecule has 0 fully saturated rings. The first kappa shape index (κ1) is 22.4. The van der Waals surface area contributed by atoms with Gasteiger partial charge in [0.1, 0.15) is 11.6 Å². The van der Waals surface area contributed by atoms with Crippen LogP contribution in [0.25, 0.3) is 21.8 Å². The van der Waals surface area contributed by atoms with Gasteiger partial charge in [-0.15, -0.1) is 0 Å². The number of hydrogen-bond acceptors (Lipinski definition) is 5. The minimum atomic E-state index is -0.860. The normalized spacial score (nSPS) is 12.0. The van der Waals surface area contributed by atoms with E-state index in [2.05, 4.69) is 15.3 Å². The molecular weight excluding hydrogens is 440 g/mol. The highest BCUT2D eigenvalue weighted by Gasteiger charge is 2.20. The number of nitrogens with zero attached hydrogens (tertiary/aromatic N) is 3. The Morgan fingerprint density at radius 3 is 2.80 bits per heavy atom. The van der Waals surface area contributed by atoms with E-state index in [4.69, 9.17) is 4.74 Å². The van der Waals surface area contributed by atoms with E-state index < -0.39 is 5.97 Å². The molecule has 0 saturated heterocycles. The van der Waals surface area contributed by atoms with E-state index in [9.17, 15) is 9.90 Å². The lowest BCUT2D eigenvalue weighted by Gasteiger charge is -2.19. The van der Waals surface area contributed by atoms with Crippen LogP contribution in [0, 0.1) is 0 Å². The molecule has 0 aliphatic heterocycles. The van der Waals surface area contributed by atoms with Crippen LogP contribution in [-0.2, 0) is 11.2 Å². The summed E-state index contributed by atoms with van der Waals surface area (Å²) in [5, 5.41) is 14.7. The molecule has 0 aliphatic carbocycles. The third-order valence-corrected chi connectivity index (χ3v) is 6.08. The summed E-state index contributed by atoms with van der Waals surface area (Å²) in [6.45, 7) is 0.511. The Hall–Kier alpha value is -4.39. The molecule has 0 aliphatic rings. The minimum Gasteiger partial charge on any atom is -0.493 e. The fraction of sp³-hybridized carbons (Fsp3) is 0.179. The number of nitrogens with one attached hydrogen (secondary N) is 1. The van der Waals surface area contributed by atoms with Crippen LogP contribution in [0.4, 0.5) is 5.82 Å². The molecule has 1 atom stereocenters. The van der Waals surface area contributed by atoms with Crippen molar-refractivity contribution in [1.82, 2.24) is 14.5 Å². The van der Waals surface area contributed by atoms with Gasteiger partial charge in [-0.2, -0.15) is 0 Å². The average molecular weight is 467 g/mol. The van der Waals surface area contributed by atoms with Crippen molar-refractivity contribution in [3.63, 3.8) is 0 Å². The molecule has 0 amide bonds. The average Bonchev–Trinajstić information content (AvgIpc) is 3.30.